The van der Waals surface area contributed by atoms with Crippen molar-refractivity contribution in [1.82, 2.24) is 20.0 Å². The van der Waals surface area contributed by atoms with Crippen molar-refractivity contribution >= 4 is 5.91 Å². The van der Waals surface area contributed by atoms with E-state index in [1.807, 2.05) is 18.0 Å². The second-order valence-corrected chi connectivity index (χ2v) is 7.01. The Morgan fingerprint density at radius 3 is 2.88 bits per heavy atom. The molecule has 2 aliphatic rings. The Kier molecular flexibility index (Phi) is 4.29. The summed E-state index contributed by atoms with van der Waals surface area (Å²) in [5.74, 6) is -0.250. The molecular weight excluding hydrogens is 319 g/mol. The summed E-state index contributed by atoms with van der Waals surface area (Å²) in [5.41, 5.74) is 3.39. The normalized spacial score (nSPS) is 21.2. The van der Waals surface area contributed by atoms with E-state index < -0.39 is 0 Å². The minimum absolute atomic E-state index is 0.0335. The van der Waals surface area contributed by atoms with Crippen LogP contribution in [0.25, 0.3) is 0 Å². The molecule has 1 aliphatic heterocycles. The number of hydrogen-bond acceptors (Lipinski definition) is 3. The number of fused-ring (bicyclic) bond motifs is 1. The van der Waals surface area contributed by atoms with Gasteiger partial charge in [0.1, 0.15) is 5.82 Å². The van der Waals surface area contributed by atoms with Gasteiger partial charge in [-0.25, -0.2) is 4.39 Å². The summed E-state index contributed by atoms with van der Waals surface area (Å²) in [7, 11) is 1.98. The molecule has 1 fully saturated rings. The van der Waals surface area contributed by atoms with Gasteiger partial charge in [0, 0.05) is 36.5 Å². The molecule has 0 bridgehead atoms. The number of halogens is 1. The van der Waals surface area contributed by atoms with Gasteiger partial charge in [-0.15, -0.1) is 0 Å². The number of carbonyl (C=O) groups excluding carboxylic acids is 1. The maximum atomic E-state index is 14.2. The summed E-state index contributed by atoms with van der Waals surface area (Å²) in [6.45, 7) is 1.84. The molecule has 2 aromatic rings. The fourth-order valence-corrected chi connectivity index (χ4v) is 3.95. The Morgan fingerprint density at radius 1 is 1.24 bits per heavy atom. The van der Waals surface area contributed by atoms with Crippen LogP contribution in [0.1, 0.15) is 46.2 Å². The van der Waals surface area contributed by atoms with E-state index in [9.17, 15) is 9.18 Å². The van der Waals surface area contributed by atoms with Gasteiger partial charge in [-0.1, -0.05) is 18.2 Å². The van der Waals surface area contributed by atoms with Crippen LogP contribution in [0.3, 0.4) is 0 Å². The van der Waals surface area contributed by atoms with Crippen molar-refractivity contribution in [1.29, 1.82) is 0 Å². The maximum absolute atomic E-state index is 14.2. The molecule has 132 valence electrons. The lowest BCUT2D eigenvalue weighted by Gasteiger charge is -2.39. The van der Waals surface area contributed by atoms with Crippen molar-refractivity contribution < 1.29 is 9.18 Å². The molecule has 0 radical (unpaired) electrons. The van der Waals surface area contributed by atoms with Crippen LogP contribution >= 0.6 is 0 Å². The molecule has 1 aromatic carbocycles. The van der Waals surface area contributed by atoms with Crippen LogP contribution in [-0.4, -0.2) is 52.6 Å². The first-order valence-corrected chi connectivity index (χ1v) is 8.95. The molecule has 1 unspecified atom stereocenters. The van der Waals surface area contributed by atoms with Gasteiger partial charge in [-0.05, 0) is 38.8 Å². The molecule has 1 aromatic heterocycles. The highest BCUT2D eigenvalue weighted by Crippen LogP contribution is 2.28. The minimum atomic E-state index is -0.217. The second kappa shape index (κ2) is 6.59. The molecule has 5 nitrogen and oxygen atoms in total. The number of hydrogen-bond donors (Lipinski definition) is 1. The third kappa shape index (κ3) is 2.95. The van der Waals surface area contributed by atoms with Crippen LogP contribution in [-0.2, 0) is 12.8 Å². The summed E-state index contributed by atoms with van der Waals surface area (Å²) >= 11 is 0. The van der Waals surface area contributed by atoms with E-state index in [0.717, 1.165) is 43.5 Å². The molecule has 1 aliphatic carbocycles. The number of carbonyl (C=O) groups is 1. The average molecular weight is 342 g/mol. The van der Waals surface area contributed by atoms with Gasteiger partial charge >= 0.3 is 0 Å². The summed E-state index contributed by atoms with van der Waals surface area (Å²) in [6.07, 6.45) is 4.13. The van der Waals surface area contributed by atoms with E-state index in [1.54, 1.807) is 12.1 Å². The average Bonchev–Trinajstić information content (AvgIpc) is 3.06. The van der Waals surface area contributed by atoms with Crippen molar-refractivity contribution in [2.45, 2.75) is 31.7 Å². The molecule has 25 heavy (non-hydrogen) atoms. The Balaban J connectivity index is 1.58. The molecule has 1 saturated heterocycles. The standard InChI is InChI=1S/C19H23FN4O/c1-23-10-11-24(12-17(23)13-6-2-4-8-15(13)20)19(25)18-14-7-3-5-9-16(14)21-22-18/h2,4,6,8,17H,3,5,7,9-12H2,1H3,(H,21,22). The van der Waals surface area contributed by atoms with Gasteiger partial charge in [0.05, 0.1) is 6.04 Å². The zero-order valence-electron chi connectivity index (χ0n) is 14.5. The van der Waals surface area contributed by atoms with Crippen LogP contribution in [0, 0.1) is 5.82 Å². The van der Waals surface area contributed by atoms with Crippen LogP contribution in [0.4, 0.5) is 4.39 Å². The van der Waals surface area contributed by atoms with Crippen molar-refractivity contribution in [3.8, 4) is 0 Å². The van der Waals surface area contributed by atoms with Crippen LogP contribution < -0.4 is 0 Å². The van der Waals surface area contributed by atoms with E-state index in [4.69, 9.17) is 0 Å². The van der Waals surface area contributed by atoms with Gasteiger partial charge in [-0.2, -0.15) is 5.10 Å². The highest BCUT2D eigenvalue weighted by molar-refractivity contribution is 5.94. The fourth-order valence-electron chi connectivity index (χ4n) is 3.95. The van der Waals surface area contributed by atoms with Crippen LogP contribution in [0.15, 0.2) is 24.3 Å². The number of H-pyrrole nitrogens is 1. The largest absolute Gasteiger partial charge is 0.334 e. The first-order valence-electron chi connectivity index (χ1n) is 8.95. The minimum Gasteiger partial charge on any atom is -0.334 e. The van der Waals surface area contributed by atoms with E-state index in [1.165, 1.54) is 6.07 Å². The summed E-state index contributed by atoms with van der Waals surface area (Å²) < 4.78 is 14.2. The van der Waals surface area contributed by atoms with Gasteiger partial charge in [0.2, 0.25) is 0 Å². The highest BCUT2D eigenvalue weighted by atomic mass is 19.1. The van der Waals surface area contributed by atoms with Gasteiger partial charge in [0.15, 0.2) is 5.69 Å². The first-order chi connectivity index (χ1) is 12.1. The molecular formula is C19H23FN4O. The number of amides is 1. The number of rotatable bonds is 2. The Hall–Kier alpha value is -2.21. The number of aromatic amines is 1. The number of piperazine rings is 1. The van der Waals surface area contributed by atoms with Crippen LogP contribution in [0.2, 0.25) is 0 Å². The van der Waals surface area contributed by atoms with Gasteiger partial charge in [0.25, 0.3) is 5.91 Å². The van der Waals surface area contributed by atoms with Crippen molar-refractivity contribution in [2.24, 2.45) is 0 Å². The molecule has 6 heteroatoms. The Labute approximate surface area is 146 Å². The third-order valence-corrected chi connectivity index (χ3v) is 5.46. The van der Waals surface area contributed by atoms with Crippen molar-refractivity contribution in [2.75, 3.05) is 26.7 Å². The number of nitrogens with one attached hydrogen (secondary N) is 1. The van der Waals surface area contributed by atoms with Crippen molar-refractivity contribution in [3.05, 3.63) is 52.6 Å². The quantitative estimate of drug-likeness (QED) is 0.913. The number of aryl methyl sites for hydroxylation is 1. The summed E-state index contributed by atoms with van der Waals surface area (Å²) in [6, 6.07) is 6.70. The monoisotopic (exact) mass is 342 g/mol. The summed E-state index contributed by atoms with van der Waals surface area (Å²) in [4.78, 5) is 17.0. The zero-order chi connectivity index (χ0) is 17.4. The molecule has 0 saturated carbocycles. The fraction of sp³-hybridized carbons (Fsp3) is 0.474. The molecule has 2 heterocycles. The van der Waals surface area contributed by atoms with Gasteiger partial charge in [-0.3, -0.25) is 14.8 Å². The lowest BCUT2D eigenvalue weighted by atomic mass is 9.95. The highest BCUT2D eigenvalue weighted by Gasteiger charge is 2.33. The Morgan fingerprint density at radius 2 is 2.04 bits per heavy atom. The second-order valence-electron chi connectivity index (χ2n) is 7.01. The van der Waals surface area contributed by atoms with Crippen molar-refractivity contribution in [3.63, 3.8) is 0 Å². The van der Waals surface area contributed by atoms with E-state index in [-0.39, 0.29) is 17.8 Å². The predicted molar refractivity (Wildman–Crippen MR) is 92.9 cm³/mol. The molecule has 1 N–H and O–H groups in total. The molecule has 1 amide bonds. The van der Waals surface area contributed by atoms with Crippen LogP contribution in [0.5, 0.6) is 0 Å². The number of benzene rings is 1. The van der Waals surface area contributed by atoms with Gasteiger partial charge < -0.3 is 4.90 Å². The lowest BCUT2D eigenvalue weighted by Crippen LogP contribution is -2.49. The first kappa shape index (κ1) is 16.3. The maximum Gasteiger partial charge on any atom is 0.274 e. The molecule has 4 rings (SSSR count). The summed E-state index contributed by atoms with van der Waals surface area (Å²) in [5, 5.41) is 7.34. The number of likely N-dealkylation sites (N-methyl/N-ethyl adjacent to an activating group) is 1. The smallest absolute Gasteiger partial charge is 0.274 e. The lowest BCUT2D eigenvalue weighted by molar-refractivity contribution is 0.0534. The SMILES string of the molecule is CN1CCN(C(=O)c2n[nH]c3c2CCCC3)CC1c1ccccc1F. The zero-order valence-corrected chi connectivity index (χ0v) is 14.5. The third-order valence-electron chi connectivity index (χ3n) is 5.46. The number of nitrogens with zero attached hydrogens (tertiary/aromatic N) is 3. The Bertz CT molecular complexity index is 787. The molecule has 0 spiro atoms. The predicted octanol–water partition coefficient (Wildman–Crippen LogP) is 2.56. The van der Waals surface area contributed by atoms with E-state index in [0.29, 0.717) is 24.3 Å². The van der Waals surface area contributed by atoms with E-state index in [2.05, 4.69) is 15.1 Å². The van der Waals surface area contributed by atoms with E-state index >= 15 is 0 Å². The topological polar surface area (TPSA) is 52.2 Å². The molecule has 1 atom stereocenters. The number of aromatic nitrogens is 2.